The average molecular weight is 571 g/mol. The number of benzene rings is 1. The number of aliphatic hydroxyl groups excluding tert-OH is 1. The molecule has 1 aromatic carbocycles. The van der Waals surface area contributed by atoms with Crippen molar-refractivity contribution in [3.8, 4) is 11.5 Å². The Kier molecular flexibility index (Phi) is 9.92. The number of hydrogen-bond donors (Lipinski definition) is 3. The number of esters is 1. The fraction of sp³-hybridized carbons (Fsp3) is 0.478. The van der Waals surface area contributed by atoms with E-state index in [-0.39, 0.29) is 30.9 Å². The summed E-state index contributed by atoms with van der Waals surface area (Å²) in [5, 5.41) is 19.1. The molecule has 6 atom stereocenters. The van der Waals surface area contributed by atoms with E-state index in [1.165, 1.54) is 19.1 Å². The molecule has 0 aliphatic carbocycles. The Hall–Kier alpha value is -3.65. The van der Waals surface area contributed by atoms with Gasteiger partial charge in [-0.25, -0.2) is 14.0 Å². The quantitative estimate of drug-likeness (QED) is 0.183. The molecule has 0 saturated carbocycles. The van der Waals surface area contributed by atoms with Gasteiger partial charge in [0.25, 0.3) is 5.56 Å². The summed E-state index contributed by atoms with van der Waals surface area (Å²) in [5.74, 6) is -1.83. The van der Waals surface area contributed by atoms with Gasteiger partial charge in [0.05, 0.1) is 6.61 Å². The van der Waals surface area contributed by atoms with Crippen molar-refractivity contribution in [2.24, 2.45) is 4.74 Å². The first-order valence-electron chi connectivity index (χ1n) is 11.7. The number of carboxylic acids is 1. The van der Waals surface area contributed by atoms with Gasteiger partial charge < -0.3 is 29.3 Å². The van der Waals surface area contributed by atoms with Crippen molar-refractivity contribution in [2.45, 2.75) is 56.8 Å². The molecule has 3 rings (SSSR count). The van der Waals surface area contributed by atoms with Gasteiger partial charge in [-0.15, -0.1) is 0 Å². The summed E-state index contributed by atoms with van der Waals surface area (Å²) in [7, 11) is -2.77. The van der Waals surface area contributed by atoms with E-state index in [9.17, 15) is 29.2 Å². The van der Waals surface area contributed by atoms with Crippen LogP contribution >= 0.6 is 8.17 Å². The third kappa shape index (κ3) is 7.69. The maximum Gasteiger partial charge on any atom is 0.395 e. The zero-order valence-corrected chi connectivity index (χ0v) is 21.8. The lowest BCUT2D eigenvalue weighted by Gasteiger charge is -2.24. The number of hydrogen-bond acceptors (Lipinski definition) is 11. The molecule has 0 bridgehead atoms. The number of carboxylic acid groups (broad SMARTS) is 1. The van der Waals surface area contributed by atoms with Gasteiger partial charge >= 0.3 is 25.8 Å². The Balaban J connectivity index is 1.63. The number of aliphatic hydroxyl groups is 1. The van der Waals surface area contributed by atoms with Gasteiger partial charge in [0.15, 0.2) is 23.7 Å². The van der Waals surface area contributed by atoms with E-state index >= 15 is 4.39 Å². The summed E-state index contributed by atoms with van der Waals surface area (Å²) >= 11 is 0. The van der Waals surface area contributed by atoms with Gasteiger partial charge in [0.2, 0.25) is 5.75 Å². The van der Waals surface area contributed by atoms with Crippen molar-refractivity contribution < 1.29 is 47.8 Å². The molecule has 2 unspecified atom stereocenters. The van der Waals surface area contributed by atoms with Crippen LogP contribution in [0.4, 0.5) is 4.39 Å². The van der Waals surface area contributed by atoms with Crippen LogP contribution in [0.1, 0.15) is 32.9 Å². The van der Waals surface area contributed by atoms with E-state index in [0.29, 0.717) is 0 Å². The minimum atomic E-state index is -2.77. The molecule has 14 nitrogen and oxygen atoms in total. The Bertz CT molecular complexity index is 1330. The highest BCUT2D eigenvalue weighted by molar-refractivity contribution is 7.34. The molecule has 1 saturated heterocycles. The fourth-order valence-electron chi connectivity index (χ4n) is 3.59. The smallest absolute Gasteiger partial charge is 0.395 e. The molecular weight excluding hydrogens is 544 g/mol. The van der Waals surface area contributed by atoms with Crippen LogP contribution in [0.15, 0.2) is 50.9 Å². The lowest BCUT2D eigenvalue weighted by molar-refractivity contribution is -0.169. The summed E-state index contributed by atoms with van der Waals surface area (Å²) in [5.41, 5.74) is -4.03. The molecule has 2 aromatic rings. The van der Waals surface area contributed by atoms with E-state index in [1.54, 1.807) is 12.1 Å². The van der Waals surface area contributed by atoms with Crippen LogP contribution in [0, 0.1) is 0 Å². The first kappa shape index (κ1) is 29.9. The van der Waals surface area contributed by atoms with Crippen LogP contribution in [0.2, 0.25) is 0 Å². The van der Waals surface area contributed by atoms with Gasteiger partial charge in [-0.3, -0.25) is 23.7 Å². The van der Waals surface area contributed by atoms with E-state index in [0.717, 1.165) is 23.8 Å². The summed E-state index contributed by atoms with van der Waals surface area (Å²) in [6.45, 7) is 1.84. The van der Waals surface area contributed by atoms with Crippen LogP contribution in [0.5, 0.6) is 11.5 Å². The number of carbonyl (C=O) groups excluding carboxylic acids is 1. The maximum atomic E-state index is 15.4. The lowest BCUT2D eigenvalue weighted by atomic mass is 9.98. The SMILES string of the molecule is C[C@H](N=[P+]([O-])Oc1ccccc1OC[C@H]1OC(n2ccc(=O)[nH]c2=O)[C@](C)(F)[C@@H]1O)C(=O)OCCCC(=O)O. The molecule has 212 valence electrons. The molecule has 2 heterocycles. The van der Waals surface area contributed by atoms with Gasteiger partial charge in [-0.1, -0.05) is 16.9 Å². The highest BCUT2D eigenvalue weighted by atomic mass is 31.1. The largest absolute Gasteiger partial charge is 0.575 e. The topological polar surface area (TPSA) is 202 Å². The van der Waals surface area contributed by atoms with Gasteiger partial charge in [0, 0.05) is 18.7 Å². The third-order valence-corrected chi connectivity index (χ3v) is 6.53. The molecule has 3 N–H and O–H groups in total. The number of nitrogens with zero attached hydrogens (tertiary/aromatic N) is 2. The van der Waals surface area contributed by atoms with Crippen molar-refractivity contribution >= 4 is 20.1 Å². The van der Waals surface area contributed by atoms with Gasteiger partial charge in [-0.05, 0) is 32.4 Å². The maximum absolute atomic E-state index is 15.4. The van der Waals surface area contributed by atoms with E-state index in [2.05, 4.69) is 4.74 Å². The second kappa shape index (κ2) is 12.9. The minimum absolute atomic E-state index is 0.0340. The molecule has 0 amide bonds. The normalized spacial score (nSPS) is 23.7. The number of nitrogens with one attached hydrogen (secondary N) is 1. The zero-order chi connectivity index (χ0) is 28.7. The Labute approximate surface area is 221 Å². The number of aromatic nitrogens is 2. The Morgan fingerprint density at radius 2 is 2.00 bits per heavy atom. The number of carbonyl (C=O) groups is 2. The number of aliphatic carboxylic acids is 1. The first-order chi connectivity index (χ1) is 18.4. The van der Waals surface area contributed by atoms with Crippen molar-refractivity contribution in [1.29, 1.82) is 0 Å². The van der Waals surface area contributed by atoms with E-state index in [4.69, 9.17) is 23.8 Å². The van der Waals surface area contributed by atoms with E-state index < -0.39 is 68.1 Å². The molecular formula is C23H27FN3O11P. The van der Waals surface area contributed by atoms with Crippen molar-refractivity contribution in [2.75, 3.05) is 13.2 Å². The highest BCUT2D eigenvalue weighted by Crippen LogP contribution is 2.41. The summed E-state index contributed by atoms with van der Waals surface area (Å²) in [6.07, 6.45) is -3.53. The first-order valence-corrected chi connectivity index (χ1v) is 12.8. The molecule has 0 spiro atoms. The summed E-state index contributed by atoms with van der Waals surface area (Å²) in [6, 6.07) is 5.81. The number of ether oxygens (including phenoxy) is 3. The molecule has 1 aliphatic heterocycles. The second-order valence-electron chi connectivity index (χ2n) is 8.68. The van der Waals surface area contributed by atoms with Crippen LogP contribution in [-0.2, 0) is 19.1 Å². The van der Waals surface area contributed by atoms with Crippen molar-refractivity contribution in [3.63, 3.8) is 0 Å². The predicted octanol–water partition coefficient (Wildman–Crippen LogP) is 0.633. The molecule has 1 fully saturated rings. The second-order valence-corrected chi connectivity index (χ2v) is 9.57. The zero-order valence-electron chi connectivity index (χ0n) is 20.9. The van der Waals surface area contributed by atoms with Crippen molar-refractivity contribution in [1.82, 2.24) is 9.55 Å². The minimum Gasteiger partial charge on any atom is -0.575 e. The van der Waals surface area contributed by atoms with E-state index in [1.807, 2.05) is 4.98 Å². The van der Waals surface area contributed by atoms with Gasteiger partial charge in [0.1, 0.15) is 18.8 Å². The monoisotopic (exact) mass is 571 g/mol. The summed E-state index contributed by atoms with van der Waals surface area (Å²) < 4.78 is 41.3. The van der Waals surface area contributed by atoms with Crippen molar-refractivity contribution in [3.05, 3.63) is 57.4 Å². The number of rotatable bonds is 12. The number of alkyl halides is 1. The number of para-hydroxylation sites is 2. The Morgan fingerprint density at radius 1 is 1.31 bits per heavy atom. The molecule has 39 heavy (non-hydrogen) atoms. The molecule has 0 radical (unpaired) electrons. The highest BCUT2D eigenvalue weighted by Gasteiger charge is 2.55. The fourth-order valence-corrected chi connectivity index (χ4v) is 4.34. The molecule has 16 heteroatoms. The molecule has 1 aromatic heterocycles. The summed E-state index contributed by atoms with van der Waals surface area (Å²) in [4.78, 5) is 60.3. The standard InChI is InChI=1S/C23H27FN3O11P/c1-13(20(32)35-11-5-8-18(29)30)26-39(34)38-15-7-4-3-6-14(15)36-12-16-19(31)23(2,24)21(37-16)27-10-9-17(28)25-22(27)33/h3-4,6-7,9-10,13,16,19,21,31H,5,8,11-12H2,1-2H3,(H,29,30)(H,25,28,33)/t13-,16+,19+,21?,23+/m0/s1. The van der Waals surface area contributed by atoms with Crippen LogP contribution < -0.4 is 25.4 Å². The number of halogens is 1. The van der Waals surface area contributed by atoms with Crippen LogP contribution in [-0.4, -0.2) is 68.8 Å². The lowest BCUT2D eigenvalue weighted by Crippen LogP contribution is -2.43. The number of aromatic amines is 1. The predicted molar refractivity (Wildman–Crippen MR) is 130 cm³/mol. The number of H-pyrrole nitrogens is 1. The average Bonchev–Trinajstić information content (AvgIpc) is 3.09. The Morgan fingerprint density at radius 3 is 2.67 bits per heavy atom. The van der Waals surface area contributed by atoms with Crippen LogP contribution in [0.3, 0.4) is 0 Å². The third-order valence-electron chi connectivity index (χ3n) is 5.64. The molecule has 1 aliphatic rings. The van der Waals surface area contributed by atoms with Crippen LogP contribution in [0.25, 0.3) is 0 Å². The van der Waals surface area contributed by atoms with Gasteiger partial charge in [-0.2, -0.15) is 0 Å².